The molecule has 0 unspecified atom stereocenters. The molecule has 94 valence electrons. The Morgan fingerprint density at radius 3 is 2.94 bits per heavy atom. The normalized spacial score (nSPS) is 26.4. The van der Waals surface area contributed by atoms with Crippen LogP contribution in [0.5, 0.6) is 0 Å². The Bertz CT molecular complexity index is 546. The summed E-state index contributed by atoms with van der Waals surface area (Å²) in [7, 11) is 0. The number of rotatable bonds is 0. The number of carbonyl (C=O) groups excluding carboxylic acids is 2. The van der Waals surface area contributed by atoms with Gasteiger partial charge in [0.1, 0.15) is 6.04 Å². The fraction of sp³-hybridized carbons (Fsp3) is 0.333. The van der Waals surface area contributed by atoms with Gasteiger partial charge in [0.05, 0.1) is 17.4 Å². The average Bonchev–Trinajstić information content (AvgIpc) is 2.69. The Morgan fingerprint density at radius 2 is 2.17 bits per heavy atom. The van der Waals surface area contributed by atoms with E-state index < -0.39 is 12.1 Å². The number of aliphatic hydroxyl groups excluding tert-OH is 1. The summed E-state index contributed by atoms with van der Waals surface area (Å²) in [5, 5.41) is 12.7. The van der Waals surface area contributed by atoms with Gasteiger partial charge in [-0.05, 0) is 18.2 Å². The lowest BCUT2D eigenvalue weighted by molar-refractivity contribution is -0.119. The first-order chi connectivity index (χ1) is 8.56. The van der Waals surface area contributed by atoms with Gasteiger partial charge in [0.2, 0.25) is 5.91 Å². The van der Waals surface area contributed by atoms with Crippen molar-refractivity contribution in [3.05, 3.63) is 28.8 Å². The Hall–Kier alpha value is -1.59. The van der Waals surface area contributed by atoms with E-state index in [1.54, 1.807) is 12.1 Å². The van der Waals surface area contributed by atoms with Crippen LogP contribution < -0.4 is 5.32 Å². The number of hydrogen-bond donors (Lipinski definition) is 2. The van der Waals surface area contributed by atoms with Crippen LogP contribution in [0.3, 0.4) is 0 Å². The maximum absolute atomic E-state index is 12.3. The highest BCUT2D eigenvalue weighted by molar-refractivity contribution is 6.31. The van der Waals surface area contributed by atoms with Gasteiger partial charge >= 0.3 is 0 Å². The highest BCUT2D eigenvalue weighted by atomic mass is 35.5. The molecule has 2 aliphatic heterocycles. The summed E-state index contributed by atoms with van der Waals surface area (Å²) in [5.74, 6) is -0.534. The van der Waals surface area contributed by atoms with E-state index in [0.29, 0.717) is 16.3 Å². The summed E-state index contributed by atoms with van der Waals surface area (Å²) in [6, 6.07) is 4.18. The summed E-state index contributed by atoms with van der Waals surface area (Å²) in [6.45, 7) is 0.183. The molecule has 2 heterocycles. The summed E-state index contributed by atoms with van der Waals surface area (Å²) in [5.41, 5.74) is 0.839. The van der Waals surface area contributed by atoms with Gasteiger partial charge in [-0.3, -0.25) is 9.59 Å². The van der Waals surface area contributed by atoms with Crippen LogP contribution in [0.25, 0.3) is 0 Å². The minimum atomic E-state index is -0.648. The zero-order chi connectivity index (χ0) is 12.9. The number of nitrogens with zero attached hydrogens (tertiary/aromatic N) is 1. The van der Waals surface area contributed by atoms with Crippen molar-refractivity contribution in [2.75, 3.05) is 11.9 Å². The number of amides is 2. The molecule has 6 heteroatoms. The zero-order valence-corrected chi connectivity index (χ0v) is 10.1. The highest BCUT2D eigenvalue weighted by Gasteiger charge is 2.42. The molecule has 2 atom stereocenters. The van der Waals surface area contributed by atoms with Crippen LogP contribution in [0.2, 0.25) is 5.02 Å². The number of benzene rings is 1. The zero-order valence-electron chi connectivity index (χ0n) is 9.39. The third-order valence-corrected chi connectivity index (χ3v) is 3.55. The van der Waals surface area contributed by atoms with Crippen LogP contribution in [-0.2, 0) is 4.79 Å². The molecule has 2 aliphatic rings. The van der Waals surface area contributed by atoms with Gasteiger partial charge in [0, 0.05) is 18.0 Å². The van der Waals surface area contributed by atoms with E-state index in [4.69, 9.17) is 11.6 Å². The molecule has 2 amide bonds. The molecule has 5 nitrogen and oxygen atoms in total. The minimum Gasteiger partial charge on any atom is -0.391 e. The topological polar surface area (TPSA) is 69.6 Å². The Morgan fingerprint density at radius 1 is 1.39 bits per heavy atom. The lowest BCUT2D eigenvalue weighted by Gasteiger charge is -2.19. The van der Waals surface area contributed by atoms with E-state index in [2.05, 4.69) is 5.32 Å². The van der Waals surface area contributed by atoms with E-state index in [0.717, 1.165) is 0 Å². The van der Waals surface area contributed by atoms with Crippen molar-refractivity contribution in [3.63, 3.8) is 0 Å². The lowest BCUT2D eigenvalue weighted by Crippen LogP contribution is -2.40. The van der Waals surface area contributed by atoms with Crippen LogP contribution in [0.4, 0.5) is 5.69 Å². The molecule has 1 aromatic rings. The monoisotopic (exact) mass is 266 g/mol. The van der Waals surface area contributed by atoms with Crippen LogP contribution in [0.1, 0.15) is 16.8 Å². The molecule has 1 aromatic carbocycles. The average molecular weight is 267 g/mol. The summed E-state index contributed by atoms with van der Waals surface area (Å²) in [6.07, 6.45) is -0.371. The van der Waals surface area contributed by atoms with Crippen molar-refractivity contribution in [2.24, 2.45) is 0 Å². The fourth-order valence-electron chi connectivity index (χ4n) is 2.46. The van der Waals surface area contributed by atoms with E-state index >= 15 is 0 Å². The molecule has 0 aromatic heterocycles. The first-order valence-corrected chi connectivity index (χ1v) is 6.03. The summed E-state index contributed by atoms with van der Waals surface area (Å²) >= 11 is 5.87. The Kier molecular flexibility index (Phi) is 2.53. The van der Waals surface area contributed by atoms with Gasteiger partial charge in [0.25, 0.3) is 5.91 Å². The smallest absolute Gasteiger partial charge is 0.256 e. The summed E-state index contributed by atoms with van der Waals surface area (Å²) < 4.78 is 0. The van der Waals surface area contributed by atoms with Gasteiger partial charge in [-0.25, -0.2) is 0 Å². The number of aliphatic hydroxyl groups is 1. The van der Waals surface area contributed by atoms with Crippen LogP contribution >= 0.6 is 11.6 Å². The second-order valence-corrected chi connectivity index (χ2v) is 4.98. The third kappa shape index (κ3) is 1.67. The van der Waals surface area contributed by atoms with E-state index in [9.17, 15) is 14.7 Å². The molecule has 0 radical (unpaired) electrons. The second-order valence-electron chi connectivity index (χ2n) is 4.54. The van der Waals surface area contributed by atoms with Crippen LogP contribution in [-0.4, -0.2) is 40.5 Å². The Labute approximate surface area is 108 Å². The van der Waals surface area contributed by atoms with Crippen molar-refractivity contribution < 1.29 is 14.7 Å². The molecule has 0 spiro atoms. The molecule has 18 heavy (non-hydrogen) atoms. The number of carbonyl (C=O) groups is 2. The van der Waals surface area contributed by atoms with Crippen molar-refractivity contribution in [3.8, 4) is 0 Å². The van der Waals surface area contributed by atoms with Crippen molar-refractivity contribution in [1.82, 2.24) is 4.90 Å². The third-order valence-electron chi connectivity index (χ3n) is 3.31. The number of nitrogens with one attached hydrogen (secondary N) is 1. The first-order valence-electron chi connectivity index (χ1n) is 5.65. The van der Waals surface area contributed by atoms with Gasteiger partial charge in [0.15, 0.2) is 0 Å². The number of hydrogen-bond acceptors (Lipinski definition) is 3. The molecule has 0 bridgehead atoms. The van der Waals surface area contributed by atoms with Crippen molar-refractivity contribution in [1.29, 1.82) is 0 Å². The SMILES string of the molecule is O=C1Nc2ccc(Cl)cc2C(=O)N2C[C@@H](O)C[C@@H]12. The van der Waals surface area contributed by atoms with Crippen molar-refractivity contribution >= 4 is 29.1 Å². The summed E-state index contributed by atoms with van der Waals surface area (Å²) in [4.78, 5) is 25.7. The van der Waals surface area contributed by atoms with Gasteiger partial charge in [-0.1, -0.05) is 11.6 Å². The molecule has 0 aliphatic carbocycles. The highest BCUT2D eigenvalue weighted by Crippen LogP contribution is 2.30. The first kappa shape index (κ1) is 11.5. The van der Waals surface area contributed by atoms with Gasteiger partial charge in [-0.2, -0.15) is 0 Å². The molecule has 1 fully saturated rings. The molecular weight excluding hydrogens is 256 g/mol. The molecule has 1 saturated heterocycles. The standard InChI is InChI=1S/C12H11ClN2O3/c13-6-1-2-9-8(3-6)12(18)15-5-7(16)4-10(15)11(17)14-9/h1-3,7,10,16H,4-5H2,(H,14,17)/t7-,10-/m0/s1. The maximum atomic E-state index is 12.3. The van der Waals surface area contributed by atoms with Crippen LogP contribution in [0.15, 0.2) is 18.2 Å². The lowest BCUT2D eigenvalue weighted by atomic mass is 10.1. The minimum absolute atomic E-state index is 0.183. The van der Waals surface area contributed by atoms with Crippen molar-refractivity contribution in [2.45, 2.75) is 18.6 Å². The van der Waals surface area contributed by atoms with E-state index in [1.165, 1.54) is 11.0 Å². The predicted octanol–water partition coefficient (Wildman–Crippen LogP) is 0.867. The van der Waals surface area contributed by atoms with E-state index in [1.807, 2.05) is 0 Å². The fourth-order valence-corrected chi connectivity index (χ4v) is 2.63. The number of anilines is 1. The molecular formula is C12H11ClN2O3. The maximum Gasteiger partial charge on any atom is 0.256 e. The van der Waals surface area contributed by atoms with E-state index in [-0.39, 0.29) is 24.8 Å². The Balaban J connectivity index is 2.09. The molecule has 0 saturated carbocycles. The quantitative estimate of drug-likeness (QED) is 0.732. The van der Waals surface area contributed by atoms with Crippen LogP contribution in [0, 0.1) is 0 Å². The molecule has 2 N–H and O–H groups in total. The van der Waals surface area contributed by atoms with Gasteiger partial charge < -0.3 is 15.3 Å². The number of halogens is 1. The predicted molar refractivity (Wildman–Crippen MR) is 65.5 cm³/mol. The molecule has 3 rings (SSSR count). The van der Waals surface area contributed by atoms with Gasteiger partial charge in [-0.15, -0.1) is 0 Å². The second kappa shape index (κ2) is 3.96. The number of fused-ring (bicyclic) bond motifs is 2. The largest absolute Gasteiger partial charge is 0.391 e.